The van der Waals surface area contributed by atoms with Crippen LogP contribution in [-0.4, -0.2) is 58.7 Å². The first-order valence-electron chi connectivity index (χ1n) is 9.53. The molecule has 0 rings (SSSR count). The molecule has 144 valence electrons. The minimum absolute atomic E-state index is 0.212. The molecule has 6 nitrogen and oxygen atoms in total. The van der Waals surface area contributed by atoms with E-state index in [1.165, 1.54) is 32.1 Å². The van der Waals surface area contributed by atoms with Crippen molar-refractivity contribution in [2.24, 2.45) is 0 Å². The summed E-state index contributed by atoms with van der Waals surface area (Å²) >= 11 is 0. The van der Waals surface area contributed by atoms with Gasteiger partial charge in [0.05, 0.1) is 12.2 Å². The highest BCUT2D eigenvalue weighted by molar-refractivity contribution is 5.74. The molecule has 4 atom stereocenters. The largest absolute Gasteiger partial charge is 0.480 e. The Labute approximate surface area is 147 Å². The molecule has 0 spiro atoms. The van der Waals surface area contributed by atoms with Crippen molar-refractivity contribution >= 4 is 5.97 Å². The van der Waals surface area contributed by atoms with Crippen molar-refractivity contribution in [1.29, 1.82) is 0 Å². The third kappa shape index (κ3) is 10.2. The Morgan fingerprint density at radius 3 is 2.00 bits per heavy atom. The predicted octanol–water partition coefficient (Wildman–Crippen LogP) is 1.89. The standard InChI is InChI=1S/C18H38N2O4/c1-4-7-8-9-10-11-12-19-14(15(21)5-2)13-20-17(18(23)24)16(22)6-3/h14-17,19-22H,4-13H2,1-3H3,(H,23,24). The first kappa shape index (κ1) is 23.3. The second kappa shape index (κ2) is 14.6. The van der Waals surface area contributed by atoms with Crippen LogP contribution >= 0.6 is 0 Å². The van der Waals surface area contributed by atoms with E-state index >= 15 is 0 Å². The van der Waals surface area contributed by atoms with Crippen molar-refractivity contribution in [1.82, 2.24) is 10.6 Å². The van der Waals surface area contributed by atoms with E-state index in [0.717, 1.165) is 13.0 Å². The number of nitrogens with one attached hydrogen (secondary N) is 2. The third-order valence-corrected chi connectivity index (χ3v) is 4.45. The molecule has 0 aliphatic rings. The molecule has 6 heteroatoms. The lowest BCUT2D eigenvalue weighted by Gasteiger charge is -2.27. The van der Waals surface area contributed by atoms with Gasteiger partial charge in [0.25, 0.3) is 0 Å². The molecule has 0 aliphatic carbocycles. The molecular weight excluding hydrogens is 308 g/mol. The summed E-state index contributed by atoms with van der Waals surface area (Å²) in [4.78, 5) is 11.2. The SMILES string of the molecule is CCCCCCCCNC(CNC(C(=O)O)C(O)CC)C(O)CC. The third-order valence-electron chi connectivity index (χ3n) is 4.45. The number of rotatable bonds is 16. The summed E-state index contributed by atoms with van der Waals surface area (Å²) in [6.45, 7) is 6.98. The molecule has 5 N–H and O–H groups in total. The fourth-order valence-electron chi connectivity index (χ4n) is 2.70. The average molecular weight is 347 g/mol. The molecule has 24 heavy (non-hydrogen) atoms. The van der Waals surface area contributed by atoms with E-state index < -0.39 is 24.2 Å². The van der Waals surface area contributed by atoms with E-state index in [2.05, 4.69) is 17.6 Å². The van der Waals surface area contributed by atoms with Gasteiger partial charge in [-0.1, -0.05) is 52.9 Å². The summed E-state index contributed by atoms with van der Waals surface area (Å²) in [6, 6.07) is -1.21. The van der Waals surface area contributed by atoms with Crippen molar-refractivity contribution < 1.29 is 20.1 Å². The minimum Gasteiger partial charge on any atom is -0.480 e. The second-order valence-electron chi connectivity index (χ2n) is 6.50. The van der Waals surface area contributed by atoms with Crippen LogP contribution in [0.15, 0.2) is 0 Å². The van der Waals surface area contributed by atoms with Gasteiger partial charge in [0, 0.05) is 12.6 Å². The summed E-state index contributed by atoms with van der Waals surface area (Å²) in [7, 11) is 0. The Morgan fingerprint density at radius 1 is 0.875 bits per heavy atom. The van der Waals surface area contributed by atoms with Crippen LogP contribution in [0.25, 0.3) is 0 Å². The Balaban J connectivity index is 4.24. The summed E-state index contributed by atoms with van der Waals surface area (Å²) in [5.41, 5.74) is 0. The highest BCUT2D eigenvalue weighted by Gasteiger charge is 2.26. The van der Waals surface area contributed by atoms with Gasteiger partial charge in [0.1, 0.15) is 6.04 Å². The summed E-state index contributed by atoms with van der Waals surface area (Å²) in [6.07, 6.45) is 6.75. The van der Waals surface area contributed by atoms with E-state index in [-0.39, 0.29) is 6.04 Å². The summed E-state index contributed by atoms with van der Waals surface area (Å²) in [5.74, 6) is -1.06. The first-order valence-corrected chi connectivity index (χ1v) is 9.53. The van der Waals surface area contributed by atoms with Crippen LogP contribution in [0.4, 0.5) is 0 Å². The molecule has 0 saturated heterocycles. The minimum atomic E-state index is -1.06. The van der Waals surface area contributed by atoms with Crippen molar-refractivity contribution in [2.75, 3.05) is 13.1 Å². The fraction of sp³-hybridized carbons (Fsp3) is 0.944. The molecule has 0 fully saturated rings. The van der Waals surface area contributed by atoms with Gasteiger partial charge < -0.3 is 26.0 Å². The van der Waals surface area contributed by atoms with Gasteiger partial charge >= 0.3 is 5.97 Å². The molecule has 0 aliphatic heterocycles. The molecule has 0 heterocycles. The van der Waals surface area contributed by atoms with E-state index in [1.807, 2.05) is 6.92 Å². The Kier molecular flexibility index (Phi) is 14.2. The maximum Gasteiger partial charge on any atom is 0.323 e. The molecule has 0 aromatic heterocycles. The van der Waals surface area contributed by atoms with Gasteiger partial charge in [-0.15, -0.1) is 0 Å². The summed E-state index contributed by atoms with van der Waals surface area (Å²) < 4.78 is 0. The van der Waals surface area contributed by atoms with E-state index in [0.29, 0.717) is 19.4 Å². The molecule has 0 radical (unpaired) electrons. The van der Waals surface area contributed by atoms with Crippen LogP contribution in [0.5, 0.6) is 0 Å². The Hall–Kier alpha value is -0.690. The van der Waals surface area contributed by atoms with Crippen LogP contribution < -0.4 is 10.6 Å². The number of aliphatic hydroxyl groups excluding tert-OH is 2. The second-order valence-corrected chi connectivity index (χ2v) is 6.50. The number of unbranched alkanes of at least 4 members (excludes halogenated alkanes) is 5. The zero-order chi connectivity index (χ0) is 18.4. The Morgan fingerprint density at radius 2 is 1.46 bits per heavy atom. The number of aliphatic carboxylic acids is 1. The van der Waals surface area contributed by atoms with E-state index in [1.54, 1.807) is 6.92 Å². The van der Waals surface area contributed by atoms with Gasteiger partial charge in [-0.25, -0.2) is 0 Å². The normalized spacial score (nSPS) is 16.5. The average Bonchev–Trinajstić information content (AvgIpc) is 2.57. The number of carboxylic acid groups (broad SMARTS) is 1. The quantitative estimate of drug-likeness (QED) is 0.274. The van der Waals surface area contributed by atoms with Crippen molar-refractivity contribution in [2.45, 2.75) is 96.4 Å². The molecule has 0 bridgehead atoms. The van der Waals surface area contributed by atoms with Gasteiger partial charge in [-0.3, -0.25) is 4.79 Å². The smallest absolute Gasteiger partial charge is 0.323 e. The molecular formula is C18H38N2O4. The zero-order valence-electron chi connectivity index (χ0n) is 15.6. The van der Waals surface area contributed by atoms with Crippen molar-refractivity contribution in [3.8, 4) is 0 Å². The van der Waals surface area contributed by atoms with Gasteiger partial charge in [0.15, 0.2) is 0 Å². The molecule has 4 unspecified atom stereocenters. The predicted molar refractivity (Wildman–Crippen MR) is 97.2 cm³/mol. The van der Waals surface area contributed by atoms with Crippen LogP contribution in [0, 0.1) is 0 Å². The topological polar surface area (TPSA) is 102 Å². The van der Waals surface area contributed by atoms with Crippen molar-refractivity contribution in [3.05, 3.63) is 0 Å². The number of carbonyl (C=O) groups is 1. The van der Waals surface area contributed by atoms with E-state index in [4.69, 9.17) is 0 Å². The van der Waals surface area contributed by atoms with Crippen LogP contribution in [0.1, 0.15) is 72.1 Å². The van der Waals surface area contributed by atoms with Gasteiger partial charge in [0.2, 0.25) is 0 Å². The number of hydrogen-bond acceptors (Lipinski definition) is 5. The van der Waals surface area contributed by atoms with E-state index in [9.17, 15) is 20.1 Å². The monoisotopic (exact) mass is 346 g/mol. The lowest BCUT2D eigenvalue weighted by Crippen LogP contribution is -2.53. The first-order chi connectivity index (χ1) is 11.5. The van der Waals surface area contributed by atoms with Crippen LogP contribution in [0.2, 0.25) is 0 Å². The highest BCUT2D eigenvalue weighted by atomic mass is 16.4. The number of carboxylic acids is 1. The zero-order valence-corrected chi connectivity index (χ0v) is 15.6. The maximum atomic E-state index is 11.2. The molecule has 0 saturated carbocycles. The molecule has 0 aromatic rings. The molecule has 0 aromatic carbocycles. The maximum absolute atomic E-state index is 11.2. The van der Waals surface area contributed by atoms with Gasteiger partial charge in [-0.05, 0) is 25.8 Å². The lowest BCUT2D eigenvalue weighted by molar-refractivity contribution is -0.142. The highest BCUT2D eigenvalue weighted by Crippen LogP contribution is 2.06. The fourth-order valence-corrected chi connectivity index (χ4v) is 2.70. The lowest BCUT2D eigenvalue weighted by atomic mass is 10.1. The summed E-state index contributed by atoms with van der Waals surface area (Å²) in [5, 5.41) is 35.3. The van der Waals surface area contributed by atoms with Gasteiger partial charge in [-0.2, -0.15) is 0 Å². The number of hydrogen-bond donors (Lipinski definition) is 5. The number of aliphatic hydroxyl groups is 2. The Bertz CT molecular complexity index is 315. The van der Waals surface area contributed by atoms with Crippen molar-refractivity contribution in [3.63, 3.8) is 0 Å². The van der Waals surface area contributed by atoms with Crippen LogP contribution in [0.3, 0.4) is 0 Å². The molecule has 0 amide bonds. The van der Waals surface area contributed by atoms with Crippen LogP contribution in [-0.2, 0) is 4.79 Å².